The monoisotopic (exact) mass is 433 g/mol. The molecule has 0 aliphatic rings. The van der Waals surface area contributed by atoms with Gasteiger partial charge < -0.3 is 4.74 Å². The molecule has 0 aliphatic carbocycles. The number of carbonyl (C=O) groups excluding carboxylic acids is 1. The molecule has 31 heavy (non-hydrogen) atoms. The summed E-state index contributed by atoms with van der Waals surface area (Å²) in [6.45, 7) is 2.23. The van der Waals surface area contributed by atoms with Crippen LogP contribution in [-0.2, 0) is 5.75 Å². The van der Waals surface area contributed by atoms with Gasteiger partial charge in [-0.15, -0.1) is 0 Å². The average molecular weight is 434 g/mol. The zero-order valence-corrected chi connectivity index (χ0v) is 19.2. The molecule has 0 heterocycles. The number of methoxy groups -OCH3 is 1. The van der Waals surface area contributed by atoms with Crippen molar-refractivity contribution >= 4 is 29.0 Å². The Morgan fingerprint density at radius 1 is 0.903 bits per heavy atom. The van der Waals surface area contributed by atoms with Crippen molar-refractivity contribution in [3.63, 3.8) is 0 Å². The minimum absolute atomic E-state index is 0.0360. The highest BCUT2D eigenvalue weighted by molar-refractivity contribution is 7.98. The van der Waals surface area contributed by atoms with Gasteiger partial charge in [0.05, 0.1) is 12.8 Å². The van der Waals surface area contributed by atoms with Gasteiger partial charge in [-0.3, -0.25) is 9.69 Å². The molecule has 0 bridgehead atoms. The highest BCUT2D eigenvalue weighted by atomic mass is 32.2. The fourth-order valence-electron chi connectivity index (χ4n) is 3.49. The Morgan fingerprint density at radius 3 is 2.29 bits per heavy atom. The van der Waals surface area contributed by atoms with Crippen molar-refractivity contribution in [1.82, 2.24) is 0 Å². The molecule has 0 saturated heterocycles. The van der Waals surface area contributed by atoms with Crippen LogP contribution in [0, 0.1) is 0 Å². The van der Waals surface area contributed by atoms with Crippen LogP contribution in [-0.4, -0.2) is 18.8 Å². The Labute approximate surface area is 190 Å². The number of thioether (sulfide) groups is 1. The molecule has 0 aliphatic heterocycles. The molecule has 3 aromatic carbocycles. The predicted octanol–water partition coefficient (Wildman–Crippen LogP) is 7.49. The molecular formula is C27H31NO2S. The van der Waals surface area contributed by atoms with Crippen molar-refractivity contribution in [2.45, 2.75) is 38.4 Å². The minimum atomic E-state index is -0.0360. The van der Waals surface area contributed by atoms with Crippen molar-refractivity contribution in [2.24, 2.45) is 0 Å². The lowest BCUT2D eigenvalue weighted by atomic mass is 10.1. The highest BCUT2D eigenvalue weighted by Crippen LogP contribution is 2.35. The van der Waals surface area contributed by atoms with Crippen LogP contribution in [0.5, 0.6) is 5.75 Å². The maximum atomic E-state index is 13.6. The first-order valence-corrected chi connectivity index (χ1v) is 12.1. The van der Waals surface area contributed by atoms with Gasteiger partial charge in [-0.1, -0.05) is 62.6 Å². The van der Waals surface area contributed by atoms with E-state index in [-0.39, 0.29) is 5.91 Å². The van der Waals surface area contributed by atoms with Crippen molar-refractivity contribution < 1.29 is 9.53 Å². The number of hydrogen-bond donors (Lipinski definition) is 0. The van der Waals surface area contributed by atoms with Crippen LogP contribution in [0.1, 0.15) is 48.5 Å². The van der Waals surface area contributed by atoms with Gasteiger partial charge in [-0.2, -0.15) is 11.8 Å². The third-order valence-electron chi connectivity index (χ3n) is 5.17. The van der Waals surface area contributed by atoms with Crippen molar-refractivity contribution in [1.29, 1.82) is 0 Å². The van der Waals surface area contributed by atoms with Gasteiger partial charge in [-0.25, -0.2) is 0 Å². The number of nitrogens with zero attached hydrogens (tertiary/aromatic N) is 1. The van der Waals surface area contributed by atoms with E-state index < -0.39 is 0 Å². The van der Waals surface area contributed by atoms with Crippen LogP contribution in [0.15, 0.2) is 78.9 Å². The number of para-hydroxylation sites is 1. The fraction of sp³-hybridized carbons (Fsp3) is 0.296. The van der Waals surface area contributed by atoms with Crippen molar-refractivity contribution in [2.75, 3.05) is 17.8 Å². The van der Waals surface area contributed by atoms with E-state index in [9.17, 15) is 4.79 Å². The first-order valence-electron chi connectivity index (χ1n) is 10.9. The van der Waals surface area contributed by atoms with E-state index in [4.69, 9.17) is 4.74 Å². The summed E-state index contributed by atoms with van der Waals surface area (Å²) >= 11 is 1.92. The Bertz CT molecular complexity index is 944. The number of unbranched alkanes of at least 4 members (excludes halogenated alkanes) is 3. The lowest BCUT2D eigenvalue weighted by Gasteiger charge is -2.26. The molecule has 0 saturated carbocycles. The largest absolute Gasteiger partial charge is 0.497 e. The first kappa shape index (κ1) is 23.0. The number of hydrogen-bond acceptors (Lipinski definition) is 3. The zero-order valence-electron chi connectivity index (χ0n) is 18.4. The van der Waals surface area contributed by atoms with Crippen LogP contribution < -0.4 is 9.64 Å². The van der Waals surface area contributed by atoms with Gasteiger partial charge in [-0.05, 0) is 60.2 Å². The van der Waals surface area contributed by atoms with Crippen LogP contribution in [0.25, 0.3) is 0 Å². The fourth-order valence-corrected chi connectivity index (χ4v) is 4.49. The maximum Gasteiger partial charge on any atom is 0.262 e. The molecule has 0 atom stereocenters. The Hall–Kier alpha value is -2.72. The third-order valence-corrected chi connectivity index (χ3v) is 6.26. The molecule has 3 rings (SSSR count). The van der Waals surface area contributed by atoms with Crippen molar-refractivity contribution in [3.05, 3.63) is 90.0 Å². The predicted molar refractivity (Wildman–Crippen MR) is 133 cm³/mol. The Kier molecular flexibility index (Phi) is 9.04. The van der Waals surface area contributed by atoms with E-state index in [1.54, 1.807) is 7.11 Å². The lowest BCUT2D eigenvalue weighted by Crippen LogP contribution is -2.26. The summed E-state index contributed by atoms with van der Waals surface area (Å²) in [5.41, 5.74) is 3.53. The van der Waals surface area contributed by atoms with Crippen LogP contribution in [0.3, 0.4) is 0 Å². The second-order valence-electron chi connectivity index (χ2n) is 7.45. The average Bonchev–Trinajstić information content (AvgIpc) is 2.83. The van der Waals surface area contributed by atoms with Gasteiger partial charge in [0.15, 0.2) is 0 Å². The molecular weight excluding hydrogens is 402 g/mol. The van der Waals surface area contributed by atoms with E-state index in [0.717, 1.165) is 34.2 Å². The number of benzene rings is 3. The molecule has 0 aromatic heterocycles. The van der Waals surface area contributed by atoms with E-state index in [2.05, 4.69) is 13.0 Å². The molecule has 3 nitrogen and oxygen atoms in total. The Balaban J connectivity index is 1.93. The summed E-state index contributed by atoms with van der Waals surface area (Å²) < 4.78 is 5.49. The summed E-state index contributed by atoms with van der Waals surface area (Å²) in [4.78, 5) is 15.4. The standard InChI is InChI=1S/C27H31NO2S/c1-3-4-5-12-19-31-21-23-20-25(30-2)17-18-26(23)28(24-15-10-7-11-16-24)27(29)22-13-8-6-9-14-22/h6-11,13-18,20H,3-5,12,19,21H2,1-2H3. The van der Waals surface area contributed by atoms with E-state index in [0.29, 0.717) is 5.56 Å². The summed E-state index contributed by atoms with van der Waals surface area (Å²) in [6.07, 6.45) is 5.04. The SMILES string of the molecule is CCCCCCSCc1cc(OC)ccc1N(C(=O)c1ccccc1)c1ccccc1. The molecule has 1 amide bonds. The highest BCUT2D eigenvalue weighted by Gasteiger charge is 2.22. The number of ether oxygens (including phenoxy) is 1. The molecule has 162 valence electrons. The van der Waals surface area contributed by atoms with Crippen LogP contribution in [0.2, 0.25) is 0 Å². The third kappa shape index (κ3) is 6.38. The molecule has 0 fully saturated rings. The molecule has 0 unspecified atom stereocenters. The zero-order chi connectivity index (χ0) is 21.9. The molecule has 0 spiro atoms. The van der Waals surface area contributed by atoms with E-state index in [1.807, 2.05) is 89.5 Å². The van der Waals surface area contributed by atoms with E-state index >= 15 is 0 Å². The first-order chi connectivity index (χ1) is 15.2. The van der Waals surface area contributed by atoms with Gasteiger partial charge in [0.1, 0.15) is 5.75 Å². The lowest BCUT2D eigenvalue weighted by molar-refractivity contribution is 0.0999. The van der Waals surface area contributed by atoms with Crippen LogP contribution in [0.4, 0.5) is 11.4 Å². The normalized spacial score (nSPS) is 10.6. The minimum Gasteiger partial charge on any atom is -0.497 e. The summed E-state index contributed by atoms with van der Waals surface area (Å²) in [5.74, 6) is 2.73. The number of rotatable bonds is 11. The molecule has 4 heteroatoms. The van der Waals surface area contributed by atoms with Gasteiger partial charge >= 0.3 is 0 Å². The number of amides is 1. The molecule has 3 aromatic rings. The molecule has 0 N–H and O–H groups in total. The van der Waals surface area contributed by atoms with Crippen LogP contribution >= 0.6 is 11.8 Å². The second-order valence-corrected chi connectivity index (χ2v) is 8.56. The summed E-state index contributed by atoms with van der Waals surface area (Å²) in [5, 5.41) is 0. The summed E-state index contributed by atoms with van der Waals surface area (Å²) in [7, 11) is 1.68. The topological polar surface area (TPSA) is 29.5 Å². The smallest absolute Gasteiger partial charge is 0.262 e. The van der Waals surface area contributed by atoms with Gasteiger partial charge in [0.25, 0.3) is 5.91 Å². The number of anilines is 2. The van der Waals surface area contributed by atoms with E-state index in [1.165, 1.54) is 25.7 Å². The molecule has 0 radical (unpaired) electrons. The maximum absolute atomic E-state index is 13.6. The van der Waals surface area contributed by atoms with Gasteiger partial charge in [0.2, 0.25) is 0 Å². The quantitative estimate of drug-likeness (QED) is 0.293. The Morgan fingerprint density at radius 2 is 1.61 bits per heavy atom. The second kappa shape index (κ2) is 12.2. The number of carbonyl (C=O) groups is 1. The van der Waals surface area contributed by atoms with Crippen molar-refractivity contribution in [3.8, 4) is 5.75 Å². The van der Waals surface area contributed by atoms with Gasteiger partial charge in [0, 0.05) is 17.0 Å². The summed E-state index contributed by atoms with van der Waals surface area (Å²) in [6, 6.07) is 25.3.